The summed E-state index contributed by atoms with van der Waals surface area (Å²) < 4.78 is 0. The first-order valence-corrected chi connectivity index (χ1v) is 7.98. The van der Waals surface area contributed by atoms with E-state index in [2.05, 4.69) is 19.0 Å². The maximum Gasteiger partial charge on any atom is 0.0464 e. The highest BCUT2D eigenvalue weighted by molar-refractivity contribution is 5.58. The number of unbranched alkanes of at least 4 members (excludes halogenated alkanes) is 10. The van der Waals surface area contributed by atoms with Crippen molar-refractivity contribution in [2.75, 3.05) is 0 Å². The van der Waals surface area contributed by atoms with E-state index in [9.17, 15) is 0 Å². The molecule has 0 heterocycles. The second kappa shape index (κ2) is 14.5. The molecule has 0 saturated heterocycles. The zero-order valence-corrected chi connectivity index (χ0v) is 12.5. The lowest BCUT2D eigenvalue weighted by molar-refractivity contribution is 0.318. The van der Waals surface area contributed by atoms with Gasteiger partial charge >= 0.3 is 0 Å². The van der Waals surface area contributed by atoms with Crippen molar-refractivity contribution in [3.63, 3.8) is 0 Å². The van der Waals surface area contributed by atoms with Crippen LogP contribution in [0.4, 0.5) is 0 Å². The third-order valence-corrected chi connectivity index (χ3v) is 3.58. The van der Waals surface area contributed by atoms with Gasteiger partial charge < -0.3 is 5.21 Å². The first kappa shape index (κ1) is 17.5. The Bertz CT molecular complexity index is 180. The Morgan fingerprint density at radius 2 is 1.28 bits per heavy atom. The first-order valence-electron chi connectivity index (χ1n) is 7.98. The lowest BCUT2D eigenvalue weighted by atomic mass is 10.0. The Labute approximate surface area is 114 Å². The zero-order valence-electron chi connectivity index (χ0n) is 12.5. The van der Waals surface area contributed by atoms with E-state index in [-0.39, 0.29) is 0 Å². The lowest BCUT2D eigenvalue weighted by Crippen LogP contribution is -1.95. The van der Waals surface area contributed by atoms with Crippen LogP contribution in [-0.2, 0) is 0 Å². The minimum Gasteiger partial charge on any atom is -0.411 e. The van der Waals surface area contributed by atoms with Crippen LogP contribution < -0.4 is 0 Å². The molecule has 0 amide bonds. The van der Waals surface area contributed by atoms with Crippen molar-refractivity contribution >= 4 is 6.21 Å². The monoisotopic (exact) mass is 255 g/mol. The second-order valence-electron chi connectivity index (χ2n) is 5.57. The molecule has 1 N–H and O–H groups in total. The molecule has 0 rings (SSSR count). The van der Waals surface area contributed by atoms with Crippen molar-refractivity contribution in [2.24, 2.45) is 11.1 Å². The van der Waals surface area contributed by atoms with Gasteiger partial charge in [0.1, 0.15) is 0 Å². The minimum atomic E-state index is 0.425. The molecule has 0 saturated carbocycles. The Balaban J connectivity index is 3.03. The molecular formula is C16H33NO. The minimum absolute atomic E-state index is 0.425. The maximum atomic E-state index is 8.38. The van der Waals surface area contributed by atoms with Gasteiger partial charge in [0.2, 0.25) is 0 Å². The molecule has 0 aromatic carbocycles. The fourth-order valence-electron chi connectivity index (χ4n) is 2.32. The smallest absolute Gasteiger partial charge is 0.0464 e. The van der Waals surface area contributed by atoms with Crippen molar-refractivity contribution in [1.29, 1.82) is 0 Å². The van der Waals surface area contributed by atoms with Gasteiger partial charge in [0.15, 0.2) is 0 Å². The van der Waals surface area contributed by atoms with Crippen LogP contribution in [0.2, 0.25) is 0 Å². The summed E-state index contributed by atoms with van der Waals surface area (Å²) in [6.45, 7) is 4.38. The van der Waals surface area contributed by atoms with Crippen LogP contribution in [0.3, 0.4) is 0 Å². The molecule has 0 aromatic heterocycles. The molecular weight excluding hydrogens is 222 g/mol. The summed E-state index contributed by atoms with van der Waals surface area (Å²) in [7, 11) is 0. The van der Waals surface area contributed by atoms with E-state index >= 15 is 0 Å². The van der Waals surface area contributed by atoms with Gasteiger partial charge in [-0.2, -0.15) is 0 Å². The molecule has 2 nitrogen and oxygen atoms in total. The number of nitrogens with zero attached hydrogens (tertiary/aromatic N) is 1. The molecule has 0 bridgehead atoms. The van der Waals surface area contributed by atoms with Gasteiger partial charge in [0.05, 0.1) is 0 Å². The van der Waals surface area contributed by atoms with E-state index in [1.807, 2.05) is 0 Å². The van der Waals surface area contributed by atoms with E-state index in [1.165, 1.54) is 70.6 Å². The Kier molecular flexibility index (Phi) is 14.1. The van der Waals surface area contributed by atoms with E-state index in [0.717, 1.165) is 6.42 Å². The average Bonchev–Trinajstić information content (AvgIpc) is 2.36. The highest BCUT2D eigenvalue weighted by atomic mass is 16.4. The van der Waals surface area contributed by atoms with Crippen molar-refractivity contribution in [3.8, 4) is 0 Å². The summed E-state index contributed by atoms with van der Waals surface area (Å²) >= 11 is 0. The maximum absolute atomic E-state index is 8.38. The molecule has 1 unspecified atom stereocenters. The average molecular weight is 255 g/mol. The Morgan fingerprint density at radius 1 is 0.833 bits per heavy atom. The standard InChI is InChI=1S/C16H33NO/c1-3-4-5-6-7-8-9-10-11-12-13-14-16(2)15-17-18/h15-16,18H,3-14H2,1-2H3. The van der Waals surface area contributed by atoms with Gasteiger partial charge in [-0.05, 0) is 12.3 Å². The predicted octanol–water partition coefficient (Wildman–Crippen LogP) is 5.78. The summed E-state index contributed by atoms with van der Waals surface area (Å²) in [5, 5.41) is 11.5. The fourth-order valence-corrected chi connectivity index (χ4v) is 2.32. The summed E-state index contributed by atoms with van der Waals surface area (Å²) in [6, 6.07) is 0. The summed E-state index contributed by atoms with van der Waals surface area (Å²) in [5.41, 5.74) is 0. The molecule has 0 fully saturated rings. The SMILES string of the molecule is CCCCCCCCCCCCCC(C)C=NO. The van der Waals surface area contributed by atoms with Crippen LogP contribution in [0, 0.1) is 5.92 Å². The van der Waals surface area contributed by atoms with E-state index in [4.69, 9.17) is 5.21 Å². The molecule has 18 heavy (non-hydrogen) atoms. The topological polar surface area (TPSA) is 32.6 Å². The highest BCUT2D eigenvalue weighted by Crippen LogP contribution is 2.13. The molecule has 0 aliphatic carbocycles. The highest BCUT2D eigenvalue weighted by Gasteiger charge is 1.98. The third kappa shape index (κ3) is 13.5. The van der Waals surface area contributed by atoms with Crippen LogP contribution in [0.25, 0.3) is 0 Å². The van der Waals surface area contributed by atoms with Crippen LogP contribution in [-0.4, -0.2) is 11.4 Å². The summed E-state index contributed by atoms with van der Waals surface area (Å²) in [5.74, 6) is 0.425. The van der Waals surface area contributed by atoms with Crippen LogP contribution in [0.1, 0.15) is 90.9 Å². The Morgan fingerprint density at radius 3 is 1.72 bits per heavy atom. The first-order chi connectivity index (χ1) is 8.81. The van der Waals surface area contributed by atoms with E-state index in [1.54, 1.807) is 6.21 Å². The van der Waals surface area contributed by atoms with Gasteiger partial charge in [-0.1, -0.05) is 84.5 Å². The second-order valence-corrected chi connectivity index (χ2v) is 5.57. The molecule has 0 aliphatic heterocycles. The van der Waals surface area contributed by atoms with Gasteiger partial charge in [0, 0.05) is 6.21 Å². The molecule has 0 aliphatic rings. The molecule has 0 radical (unpaired) electrons. The van der Waals surface area contributed by atoms with Gasteiger partial charge in [-0.3, -0.25) is 0 Å². The lowest BCUT2D eigenvalue weighted by Gasteiger charge is -2.04. The number of rotatable bonds is 13. The predicted molar refractivity (Wildman–Crippen MR) is 80.5 cm³/mol. The molecule has 108 valence electrons. The number of hydrogen-bond acceptors (Lipinski definition) is 2. The van der Waals surface area contributed by atoms with Gasteiger partial charge in [-0.15, -0.1) is 5.16 Å². The Hall–Kier alpha value is -0.530. The summed E-state index contributed by atoms with van der Waals surface area (Å²) in [4.78, 5) is 0. The normalized spacial score (nSPS) is 13.2. The molecule has 0 aromatic rings. The van der Waals surface area contributed by atoms with E-state index in [0.29, 0.717) is 5.92 Å². The van der Waals surface area contributed by atoms with Crippen molar-refractivity contribution in [2.45, 2.75) is 90.9 Å². The molecule has 2 heteroatoms. The van der Waals surface area contributed by atoms with Crippen LogP contribution in [0.5, 0.6) is 0 Å². The van der Waals surface area contributed by atoms with Gasteiger partial charge in [0.25, 0.3) is 0 Å². The van der Waals surface area contributed by atoms with Gasteiger partial charge in [-0.25, -0.2) is 0 Å². The van der Waals surface area contributed by atoms with Crippen molar-refractivity contribution in [1.82, 2.24) is 0 Å². The van der Waals surface area contributed by atoms with Crippen LogP contribution in [0.15, 0.2) is 5.16 Å². The summed E-state index contributed by atoms with van der Waals surface area (Å²) in [6.07, 6.45) is 18.1. The number of oxime groups is 1. The molecule has 1 atom stereocenters. The zero-order chi connectivity index (χ0) is 13.5. The van der Waals surface area contributed by atoms with Crippen LogP contribution >= 0.6 is 0 Å². The fraction of sp³-hybridized carbons (Fsp3) is 0.938. The van der Waals surface area contributed by atoms with E-state index < -0.39 is 0 Å². The largest absolute Gasteiger partial charge is 0.411 e. The number of hydrogen-bond donors (Lipinski definition) is 1. The molecule has 0 spiro atoms. The quantitative estimate of drug-likeness (QED) is 0.192. The third-order valence-electron chi connectivity index (χ3n) is 3.58. The van der Waals surface area contributed by atoms with Crippen molar-refractivity contribution in [3.05, 3.63) is 0 Å². The van der Waals surface area contributed by atoms with Crippen molar-refractivity contribution < 1.29 is 5.21 Å².